The minimum atomic E-state index is -0.665. The topological polar surface area (TPSA) is 94.3 Å². The van der Waals surface area contributed by atoms with Crippen molar-refractivity contribution in [2.75, 3.05) is 5.32 Å². The Bertz CT molecular complexity index is 1060. The molecule has 0 spiro atoms. The molecule has 3 rings (SSSR count). The van der Waals surface area contributed by atoms with Crippen LogP contribution in [0.3, 0.4) is 0 Å². The molecule has 0 saturated heterocycles. The summed E-state index contributed by atoms with van der Waals surface area (Å²) in [6, 6.07) is 12.7. The van der Waals surface area contributed by atoms with E-state index in [1.54, 1.807) is 50.2 Å². The molecule has 0 aliphatic rings. The summed E-state index contributed by atoms with van der Waals surface area (Å²) in [4.78, 5) is 23.9. The van der Waals surface area contributed by atoms with Crippen LogP contribution in [0.4, 0.5) is 10.1 Å². The van der Waals surface area contributed by atoms with Gasteiger partial charge in [0.2, 0.25) is 5.91 Å². The number of thioether (sulfide) groups is 1. The van der Waals surface area contributed by atoms with Crippen molar-refractivity contribution in [1.29, 1.82) is 0 Å². The minimum absolute atomic E-state index is 0.0814. The summed E-state index contributed by atoms with van der Waals surface area (Å²) in [6.45, 7) is 4.81. The van der Waals surface area contributed by atoms with Gasteiger partial charge in [-0.1, -0.05) is 36.0 Å². The fourth-order valence-electron chi connectivity index (χ4n) is 2.48. The van der Waals surface area contributed by atoms with Crippen LogP contribution in [0.5, 0.6) is 5.75 Å². The molecule has 2 atom stereocenters. The number of anilines is 1. The van der Waals surface area contributed by atoms with Crippen LogP contribution in [0.25, 0.3) is 0 Å². The molecule has 7 nitrogen and oxygen atoms in total. The second-order valence-corrected chi connectivity index (χ2v) is 7.78. The highest BCUT2D eigenvalue weighted by molar-refractivity contribution is 8.00. The Labute approximate surface area is 177 Å². The predicted octanol–water partition coefficient (Wildman–Crippen LogP) is 4.67. The van der Waals surface area contributed by atoms with Crippen LogP contribution in [0, 0.1) is 5.82 Å². The van der Waals surface area contributed by atoms with Crippen LogP contribution in [-0.2, 0) is 4.79 Å². The van der Waals surface area contributed by atoms with Crippen molar-refractivity contribution in [2.45, 2.75) is 37.3 Å². The number of carbonyl (C=O) groups is 2. The molecule has 2 aromatic carbocycles. The maximum absolute atomic E-state index is 13.7. The highest BCUT2D eigenvalue weighted by Crippen LogP contribution is 2.27. The largest absolute Gasteiger partial charge is 0.478 e. The van der Waals surface area contributed by atoms with Gasteiger partial charge in [0.25, 0.3) is 11.1 Å². The molecule has 1 aromatic heterocycles. The predicted molar refractivity (Wildman–Crippen MR) is 110 cm³/mol. The van der Waals surface area contributed by atoms with Crippen molar-refractivity contribution < 1.29 is 23.1 Å². The highest BCUT2D eigenvalue weighted by atomic mass is 32.2. The Morgan fingerprint density at radius 1 is 1.13 bits per heavy atom. The number of benzene rings is 2. The summed E-state index contributed by atoms with van der Waals surface area (Å²) in [6.07, 6.45) is -0.665. The van der Waals surface area contributed by atoms with Crippen LogP contribution in [0.15, 0.2) is 58.2 Å². The molecule has 0 fully saturated rings. The van der Waals surface area contributed by atoms with Gasteiger partial charge in [-0.3, -0.25) is 9.59 Å². The molecule has 0 bridgehead atoms. The lowest BCUT2D eigenvalue weighted by atomic mass is 10.1. The zero-order valence-corrected chi connectivity index (χ0v) is 17.4. The summed E-state index contributed by atoms with van der Waals surface area (Å²) in [5.41, 5.74) is 1.04. The highest BCUT2D eigenvalue weighted by Gasteiger charge is 2.21. The molecule has 0 aliphatic carbocycles. The number of amides is 1. The summed E-state index contributed by atoms with van der Waals surface area (Å²) in [5, 5.41) is 10.2. The summed E-state index contributed by atoms with van der Waals surface area (Å²) in [7, 11) is 0. The first-order valence-electron chi connectivity index (χ1n) is 9.16. The van der Waals surface area contributed by atoms with E-state index in [-0.39, 0.29) is 28.6 Å². The van der Waals surface area contributed by atoms with Gasteiger partial charge in [0.1, 0.15) is 0 Å². The molecular weight excluding hydrogens is 409 g/mol. The smallest absolute Gasteiger partial charge is 0.277 e. The number of para-hydroxylation sites is 1. The summed E-state index contributed by atoms with van der Waals surface area (Å²) >= 11 is 1.08. The molecule has 1 heterocycles. The number of nitrogens with one attached hydrogen (secondary N) is 1. The molecule has 0 unspecified atom stereocenters. The fraction of sp³-hybridized carbons (Fsp3) is 0.238. The number of Topliss-reactive ketones (excluding diaryl/α,β-unsaturated/α-hetero) is 1. The van der Waals surface area contributed by atoms with Gasteiger partial charge in [-0.25, -0.2) is 4.39 Å². The second kappa shape index (κ2) is 9.53. The van der Waals surface area contributed by atoms with Crippen LogP contribution < -0.4 is 10.1 Å². The Balaban J connectivity index is 1.59. The summed E-state index contributed by atoms with van der Waals surface area (Å²) < 4.78 is 24.8. The van der Waals surface area contributed by atoms with Crippen molar-refractivity contribution in [1.82, 2.24) is 10.2 Å². The number of hydrogen-bond donors (Lipinski definition) is 1. The normalized spacial score (nSPS) is 12.8. The first kappa shape index (κ1) is 21.5. The Hall–Kier alpha value is -3.20. The lowest BCUT2D eigenvalue weighted by molar-refractivity contribution is -0.115. The van der Waals surface area contributed by atoms with Crippen LogP contribution in [0.2, 0.25) is 0 Å². The van der Waals surface area contributed by atoms with E-state index in [1.807, 2.05) is 0 Å². The van der Waals surface area contributed by atoms with E-state index in [1.165, 1.54) is 19.1 Å². The van der Waals surface area contributed by atoms with E-state index in [4.69, 9.17) is 9.15 Å². The molecule has 1 amide bonds. The van der Waals surface area contributed by atoms with E-state index >= 15 is 0 Å². The van der Waals surface area contributed by atoms with E-state index < -0.39 is 17.2 Å². The quantitative estimate of drug-likeness (QED) is 0.411. The summed E-state index contributed by atoms with van der Waals surface area (Å²) in [5.74, 6) is -0.604. The van der Waals surface area contributed by atoms with Gasteiger partial charge < -0.3 is 14.5 Å². The van der Waals surface area contributed by atoms with Crippen molar-refractivity contribution in [3.63, 3.8) is 0 Å². The van der Waals surface area contributed by atoms with E-state index in [0.29, 0.717) is 11.3 Å². The van der Waals surface area contributed by atoms with E-state index in [0.717, 1.165) is 11.8 Å². The van der Waals surface area contributed by atoms with E-state index in [2.05, 4.69) is 15.5 Å². The molecule has 1 N–H and O–H groups in total. The van der Waals surface area contributed by atoms with Crippen LogP contribution in [0.1, 0.15) is 43.1 Å². The third kappa shape index (κ3) is 5.44. The van der Waals surface area contributed by atoms with Gasteiger partial charge >= 0.3 is 0 Å². The standard InChI is InChI=1S/C21H20FN3O4S/c1-12(26)15-7-6-8-16(11-15)23-19(27)14(3)30-21-25-24-20(29-21)13(2)28-18-10-5-4-9-17(18)22/h4-11,13-14H,1-3H3,(H,23,27)/t13-,14+/m1/s1. The molecule has 0 saturated carbocycles. The number of halogens is 1. The van der Waals surface area contributed by atoms with Gasteiger partial charge in [-0.2, -0.15) is 0 Å². The molecule has 0 radical (unpaired) electrons. The zero-order chi connectivity index (χ0) is 21.7. The number of nitrogens with zero attached hydrogens (tertiary/aromatic N) is 2. The number of carbonyl (C=O) groups excluding carboxylic acids is 2. The first-order chi connectivity index (χ1) is 14.3. The third-order valence-electron chi connectivity index (χ3n) is 4.09. The molecular formula is C21H20FN3O4S. The average Bonchev–Trinajstić information content (AvgIpc) is 3.18. The number of ether oxygens (including phenoxy) is 1. The monoisotopic (exact) mass is 429 g/mol. The lowest BCUT2D eigenvalue weighted by Crippen LogP contribution is -2.22. The molecule has 156 valence electrons. The fourth-order valence-corrected chi connectivity index (χ4v) is 3.17. The number of hydrogen-bond acceptors (Lipinski definition) is 7. The minimum Gasteiger partial charge on any atom is -0.478 e. The van der Waals surface area contributed by atoms with Crippen molar-refractivity contribution in [3.8, 4) is 5.75 Å². The lowest BCUT2D eigenvalue weighted by Gasteiger charge is -2.11. The second-order valence-electron chi connectivity index (χ2n) is 6.48. The van der Waals surface area contributed by atoms with Gasteiger partial charge in [-0.05, 0) is 45.0 Å². The van der Waals surface area contributed by atoms with Gasteiger partial charge in [0.05, 0.1) is 5.25 Å². The molecule has 9 heteroatoms. The SMILES string of the molecule is CC(=O)c1cccc(NC(=O)[C@H](C)Sc2nnc([C@@H](C)Oc3ccccc3F)o2)c1. The number of ketones is 1. The molecule has 0 aliphatic heterocycles. The first-order valence-corrected chi connectivity index (χ1v) is 10.0. The van der Waals surface area contributed by atoms with Crippen LogP contribution >= 0.6 is 11.8 Å². The Morgan fingerprint density at radius 2 is 1.90 bits per heavy atom. The Kier molecular flexibility index (Phi) is 6.83. The van der Waals surface area contributed by atoms with Crippen molar-refractivity contribution >= 4 is 29.1 Å². The average molecular weight is 429 g/mol. The van der Waals surface area contributed by atoms with Crippen LogP contribution in [-0.4, -0.2) is 27.1 Å². The van der Waals surface area contributed by atoms with Crippen molar-refractivity contribution in [3.05, 3.63) is 65.8 Å². The van der Waals surface area contributed by atoms with Crippen molar-refractivity contribution in [2.24, 2.45) is 0 Å². The van der Waals surface area contributed by atoms with Gasteiger partial charge in [-0.15, -0.1) is 10.2 Å². The Morgan fingerprint density at radius 3 is 2.63 bits per heavy atom. The maximum Gasteiger partial charge on any atom is 0.277 e. The molecule has 3 aromatic rings. The van der Waals surface area contributed by atoms with Gasteiger partial charge in [0.15, 0.2) is 23.5 Å². The van der Waals surface area contributed by atoms with Gasteiger partial charge in [0, 0.05) is 11.3 Å². The zero-order valence-electron chi connectivity index (χ0n) is 16.6. The molecule has 30 heavy (non-hydrogen) atoms. The number of aromatic nitrogens is 2. The maximum atomic E-state index is 13.7. The third-order valence-corrected chi connectivity index (χ3v) is 5.03. The van der Waals surface area contributed by atoms with E-state index in [9.17, 15) is 14.0 Å². The number of rotatable bonds is 8.